The molecule has 1 heterocycles. The van der Waals surface area contributed by atoms with Gasteiger partial charge in [-0.2, -0.15) is 19.1 Å². The normalized spacial score (nSPS) is 12.8. The van der Waals surface area contributed by atoms with Crippen molar-refractivity contribution in [1.29, 1.82) is 5.26 Å². The molecule has 170 valence electrons. The maximum absolute atomic E-state index is 14.6. The van der Waals surface area contributed by atoms with Crippen molar-refractivity contribution in [3.8, 4) is 23.2 Å². The van der Waals surface area contributed by atoms with Crippen LogP contribution in [0.25, 0.3) is 11.3 Å². The van der Waals surface area contributed by atoms with Gasteiger partial charge >= 0.3 is 14.2 Å². The van der Waals surface area contributed by atoms with Crippen LogP contribution in [0.1, 0.15) is 19.4 Å². The fourth-order valence-electron chi connectivity index (χ4n) is 2.81. The van der Waals surface area contributed by atoms with Gasteiger partial charge in [-0.15, -0.1) is 0 Å². The second kappa shape index (κ2) is 10.7. The molecule has 0 saturated carbocycles. The first-order chi connectivity index (χ1) is 14.6. The molecule has 1 aromatic carbocycles. The number of alkyl halides is 2. The molecule has 1 atom stereocenters. The number of hydrogen-bond donors (Lipinski definition) is 0. The summed E-state index contributed by atoms with van der Waals surface area (Å²) in [5, 5.41) is 13.1. The fraction of sp³-hybridized carbons (Fsp3) is 0.444. The molecule has 0 N–H and O–H groups in total. The molecule has 13 heteroatoms. The highest BCUT2D eigenvalue weighted by molar-refractivity contribution is 7.55. The average Bonchev–Trinajstić information content (AvgIpc) is 2.95. The van der Waals surface area contributed by atoms with Crippen molar-refractivity contribution in [1.82, 2.24) is 9.78 Å². The van der Waals surface area contributed by atoms with E-state index in [0.717, 1.165) is 10.7 Å². The molecule has 1 unspecified atom stereocenters. The maximum atomic E-state index is 14.6. The summed E-state index contributed by atoms with van der Waals surface area (Å²) in [5.41, 5.74) is -1.31. The van der Waals surface area contributed by atoms with E-state index in [4.69, 9.17) is 32.2 Å². The van der Waals surface area contributed by atoms with E-state index in [0.29, 0.717) is 0 Å². The zero-order valence-electron chi connectivity index (χ0n) is 16.7. The van der Waals surface area contributed by atoms with Crippen LogP contribution in [0, 0.1) is 17.1 Å². The third-order valence-electron chi connectivity index (χ3n) is 4.09. The smallest absolute Gasteiger partial charge is 0.388 e. The van der Waals surface area contributed by atoms with Gasteiger partial charge in [-0.05, 0) is 31.5 Å². The first-order valence-electron chi connectivity index (χ1n) is 9.01. The molecule has 0 bridgehead atoms. The summed E-state index contributed by atoms with van der Waals surface area (Å²) in [6.45, 7) is 0.146. The van der Waals surface area contributed by atoms with E-state index < -0.39 is 31.6 Å². The quantitative estimate of drug-likeness (QED) is 0.382. The molecule has 0 aliphatic heterocycles. The maximum Gasteiger partial charge on any atom is 0.388 e. The predicted octanol–water partition coefficient (Wildman–Crippen LogP) is 5.84. The van der Waals surface area contributed by atoms with Crippen molar-refractivity contribution in [3.05, 3.63) is 33.6 Å². The minimum Gasteiger partial charge on any atom is -0.416 e. The number of nitriles is 1. The van der Waals surface area contributed by atoms with Crippen molar-refractivity contribution < 1.29 is 31.5 Å². The standard InChI is InChI=1S/C18H19Cl2F3N3O4P/c1-4-28-31(27,29-5-2)11(9-24)6-10-7-12(14(21)8-13(10)19)16-15(20)17(26(3)25-16)30-18(22)23/h7-8,11,18H,4-6H2,1-3H3. The van der Waals surface area contributed by atoms with Gasteiger partial charge in [0.1, 0.15) is 16.5 Å². The molecule has 0 aliphatic rings. The Morgan fingerprint density at radius 1 is 1.26 bits per heavy atom. The lowest BCUT2D eigenvalue weighted by Gasteiger charge is -2.22. The number of benzene rings is 1. The highest BCUT2D eigenvalue weighted by atomic mass is 35.5. The van der Waals surface area contributed by atoms with Crippen LogP contribution in [-0.4, -0.2) is 35.3 Å². The Labute approximate surface area is 187 Å². The number of aromatic nitrogens is 2. The van der Waals surface area contributed by atoms with Gasteiger partial charge in [0.2, 0.25) is 5.88 Å². The summed E-state index contributed by atoms with van der Waals surface area (Å²) < 4.78 is 68.6. The summed E-state index contributed by atoms with van der Waals surface area (Å²) in [6.07, 6.45) is -0.190. The molecule has 0 fully saturated rings. The lowest BCUT2D eigenvalue weighted by Crippen LogP contribution is -2.15. The van der Waals surface area contributed by atoms with Crippen LogP contribution < -0.4 is 4.74 Å². The number of halogens is 5. The summed E-state index contributed by atoms with van der Waals surface area (Å²) >= 11 is 12.2. The largest absolute Gasteiger partial charge is 0.416 e. The molecule has 2 rings (SSSR count). The molecule has 0 aliphatic carbocycles. The Morgan fingerprint density at radius 3 is 2.39 bits per heavy atom. The van der Waals surface area contributed by atoms with Gasteiger partial charge in [0.15, 0.2) is 5.66 Å². The fourth-order valence-corrected chi connectivity index (χ4v) is 5.06. The molecule has 7 nitrogen and oxygen atoms in total. The van der Waals surface area contributed by atoms with Crippen LogP contribution in [0.3, 0.4) is 0 Å². The highest BCUT2D eigenvalue weighted by Crippen LogP contribution is 2.54. The third kappa shape index (κ3) is 5.73. The molecule has 0 amide bonds. The molecule has 1 aromatic heterocycles. The van der Waals surface area contributed by atoms with Gasteiger partial charge in [-0.3, -0.25) is 4.57 Å². The minimum absolute atomic E-state index is 0.0443. The van der Waals surface area contributed by atoms with Crippen molar-refractivity contribution in [2.75, 3.05) is 13.2 Å². The second-order valence-corrected chi connectivity index (χ2v) is 9.12. The molecule has 0 spiro atoms. The molecular formula is C18H19Cl2F3N3O4P. The van der Waals surface area contributed by atoms with Crippen LogP contribution >= 0.6 is 30.8 Å². The van der Waals surface area contributed by atoms with E-state index >= 15 is 0 Å². The molecule has 0 saturated heterocycles. The van der Waals surface area contributed by atoms with Gasteiger partial charge < -0.3 is 13.8 Å². The molecule has 2 aromatic rings. The first kappa shape index (κ1) is 25.5. The molecular weight excluding hydrogens is 481 g/mol. The van der Waals surface area contributed by atoms with Crippen molar-refractivity contribution in [3.63, 3.8) is 0 Å². The SMILES string of the molecule is CCOP(=O)(OCC)C(C#N)Cc1cc(-c2nn(C)c(OC(F)F)c2Cl)c(F)cc1Cl. The van der Waals surface area contributed by atoms with Crippen LogP contribution in [0.15, 0.2) is 12.1 Å². The Kier molecular flexibility index (Phi) is 8.81. The van der Waals surface area contributed by atoms with Gasteiger partial charge in [0, 0.05) is 24.1 Å². The van der Waals surface area contributed by atoms with Crippen LogP contribution in [0.5, 0.6) is 5.88 Å². The summed E-state index contributed by atoms with van der Waals surface area (Å²) in [7, 11) is -2.51. The van der Waals surface area contributed by atoms with E-state index in [9.17, 15) is 23.0 Å². The Bertz CT molecular complexity index is 1020. The zero-order chi connectivity index (χ0) is 23.3. The lowest BCUT2D eigenvalue weighted by molar-refractivity contribution is -0.0552. The van der Waals surface area contributed by atoms with E-state index in [1.54, 1.807) is 13.8 Å². The Morgan fingerprint density at radius 2 is 1.87 bits per heavy atom. The van der Waals surface area contributed by atoms with Crippen LogP contribution in [0.2, 0.25) is 10.0 Å². The van der Waals surface area contributed by atoms with Gasteiger partial charge in [-0.25, -0.2) is 9.07 Å². The number of ether oxygens (including phenoxy) is 1. The van der Waals surface area contributed by atoms with Crippen molar-refractivity contribution in [2.24, 2.45) is 7.05 Å². The molecule has 31 heavy (non-hydrogen) atoms. The van der Waals surface area contributed by atoms with Gasteiger partial charge in [0.25, 0.3) is 0 Å². The topological polar surface area (TPSA) is 86.4 Å². The van der Waals surface area contributed by atoms with E-state index in [-0.39, 0.29) is 46.5 Å². The van der Waals surface area contributed by atoms with Crippen molar-refractivity contribution in [2.45, 2.75) is 32.5 Å². The van der Waals surface area contributed by atoms with Gasteiger partial charge in [0.05, 0.1) is 19.3 Å². The van der Waals surface area contributed by atoms with E-state index in [2.05, 4.69) is 9.84 Å². The predicted molar refractivity (Wildman–Crippen MR) is 109 cm³/mol. The van der Waals surface area contributed by atoms with E-state index in [1.807, 2.05) is 6.07 Å². The third-order valence-corrected chi connectivity index (χ3v) is 7.08. The van der Waals surface area contributed by atoms with Crippen LogP contribution in [-0.2, 0) is 27.1 Å². The average molecular weight is 500 g/mol. The monoisotopic (exact) mass is 499 g/mol. The number of nitrogens with zero attached hydrogens (tertiary/aromatic N) is 3. The Hall–Kier alpha value is -1.76. The summed E-state index contributed by atoms with van der Waals surface area (Å²) in [4.78, 5) is 0. The molecule has 0 radical (unpaired) electrons. The Balaban J connectivity index is 2.51. The summed E-state index contributed by atoms with van der Waals surface area (Å²) in [6, 6.07) is 4.11. The van der Waals surface area contributed by atoms with Crippen molar-refractivity contribution >= 4 is 30.8 Å². The van der Waals surface area contributed by atoms with Crippen LogP contribution in [0.4, 0.5) is 13.2 Å². The number of hydrogen-bond acceptors (Lipinski definition) is 6. The first-order valence-corrected chi connectivity index (χ1v) is 11.4. The highest BCUT2D eigenvalue weighted by Gasteiger charge is 2.36. The zero-order valence-corrected chi connectivity index (χ0v) is 19.1. The minimum atomic E-state index is -3.81. The number of aryl methyl sites for hydroxylation is 1. The van der Waals surface area contributed by atoms with Gasteiger partial charge in [-0.1, -0.05) is 23.2 Å². The second-order valence-electron chi connectivity index (χ2n) is 6.12. The summed E-state index contributed by atoms with van der Waals surface area (Å²) in [5.74, 6) is -1.28. The van der Waals surface area contributed by atoms with E-state index in [1.165, 1.54) is 13.1 Å². The number of rotatable bonds is 10. The lowest BCUT2D eigenvalue weighted by atomic mass is 10.0.